The van der Waals surface area contributed by atoms with Crippen LogP contribution in [0.4, 0.5) is 10.5 Å². The van der Waals surface area contributed by atoms with Crippen molar-refractivity contribution in [2.75, 3.05) is 5.32 Å². The van der Waals surface area contributed by atoms with E-state index in [1.54, 1.807) is 34.8 Å². The van der Waals surface area contributed by atoms with Gasteiger partial charge in [0, 0.05) is 20.0 Å². The van der Waals surface area contributed by atoms with E-state index in [1.165, 1.54) is 9.75 Å². The van der Waals surface area contributed by atoms with E-state index in [0.717, 1.165) is 15.6 Å². The minimum atomic E-state index is -0.271. The Hall–Kier alpha value is -2.83. The number of urea groups is 1. The fourth-order valence-corrected chi connectivity index (χ4v) is 4.51. The molecule has 0 spiro atoms. The molecule has 2 aromatic carbocycles. The van der Waals surface area contributed by atoms with Crippen LogP contribution in [-0.4, -0.2) is 11.1 Å². The Balaban J connectivity index is 1.43. The van der Waals surface area contributed by atoms with Crippen molar-refractivity contribution in [3.8, 4) is 15.5 Å². The molecule has 0 unspecified atom stereocenters. The standard InChI is InChI=1S/C20H16N2O2S2/c23-14-7-6-13-3-1-4-17(16(13)11-14)22-20(24)21-12-15-8-9-19(26-15)18-5-2-10-25-18/h1-11,23H,12H2,(H2,21,22,24). The quantitative estimate of drug-likeness (QED) is 0.428. The summed E-state index contributed by atoms with van der Waals surface area (Å²) < 4.78 is 0. The predicted octanol–water partition coefficient (Wildman–Crippen LogP) is 5.66. The molecule has 0 saturated carbocycles. The summed E-state index contributed by atoms with van der Waals surface area (Å²) in [6.07, 6.45) is 0. The molecule has 2 heterocycles. The average Bonchev–Trinajstić information content (AvgIpc) is 3.32. The zero-order valence-electron chi connectivity index (χ0n) is 13.7. The highest BCUT2D eigenvalue weighted by molar-refractivity contribution is 7.21. The average molecular weight is 380 g/mol. The third-order valence-electron chi connectivity index (χ3n) is 3.96. The molecule has 3 N–H and O–H groups in total. The molecular weight excluding hydrogens is 364 g/mol. The summed E-state index contributed by atoms with van der Waals surface area (Å²) in [4.78, 5) is 15.8. The van der Waals surface area contributed by atoms with E-state index in [1.807, 2.05) is 36.4 Å². The summed E-state index contributed by atoms with van der Waals surface area (Å²) in [5, 5.41) is 19.3. The SMILES string of the molecule is O=C(NCc1ccc(-c2cccs2)s1)Nc1cccc2ccc(O)cc12. The molecule has 0 radical (unpaired) electrons. The van der Waals surface area contributed by atoms with Gasteiger partial charge in [0.05, 0.1) is 12.2 Å². The van der Waals surface area contributed by atoms with Gasteiger partial charge in [0.15, 0.2) is 0 Å². The number of hydrogen-bond acceptors (Lipinski definition) is 4. The van der Waals surface area contributed by atoms with Crippen LogP contribution in [0.3, 0.4) is 0 Å². The van der Waals surface area contributed by atoms with Crippen LogP contribution in [0.1, 0.15) is 4.88 Å². The van der Waals surface area contributed by atoms with Crippen molar-refractivity contribution < 1.29 is 9.90 Å². The van der Waals surface area contributed by atoms with Gasteiger partial charge < -0.3 is 15.7 Å². The molecule has 0 aliphatic rings. The van der Waals surface area contributed by atoms with E-state index in [0.29, 0.717) is 12.2 Å². The largest absolute Gasteiger partial charge is 0.508 e. The lowest BCUT2D eigenvalue weighted by Gasteiger charge is -2.10. The number of hydrogen-bond donors (Lipinski definition) is 3. The molecule has 0 fully saturated rings. The number of aromatic hydroxyl groups is 1. The van der Waals surface area contributed by atoms with E-state index in [2.05, 4.69) is 28.1 Å². The second-order valence-corrected chi connectivity index (χ2v) is 7.88. The second-order valence-electron chi connectivity index (χ2n) is 5.76. The van der Waals surface area contributed by atoms with Crippen LogP contribution >= 0.6 is 22.7 Å². The second kappa shape index (κ2) is 7.19. The molecule has 130 valence electrons. The number of nitrogens with one attached hydrogen (secondary N) is 2. The first-order valence-electron chi connectivity index (χ1n) is 8.08. The molecule has 4 rings (SSSR count). The Kier molecular flexibility index (Phi) is 4.60. The highest BCUT2D eigenvalue weighted by Gasteiger charge is 2.08. The van der Waals surface area contributed by atoms with E-state index in [4.69, 9.17) is 0 Å². The number of amides is 2. The van der Waals surface area contributed by atoms with Crippen LogP contribution in [0.15, 0.2) is 66.0 Å². The van der Waals surface area contributed by atoms with Crippen molar-refractivity contribution in [3.05, 3.63) is 70.9 Å². The van der Waals surface area contributed by atoms with Crippen molar-refractivity contribution in [2.24, 2.45) is 0 Å². The van der Waals surface area contributed by atoms with E-state index >= 15 is 0 Å². The summed E-state index contributed by atoms with van der Waals surface area (Å²) >= 11 is 3.39. The van der Waals surface area contributed by atoms with Crippen molar-refractivity contribution in [1.82, 2.24) is 5.32 Å². The summed E-state index contributed by atoms with van der Waals surface area (Å²) in [7, 11) is 0. The van der Waals surface area contributed by atoms with Crippen LogP contribution in [0, 0.1) is 0 Å². The molecular formula is C20H16N2O2S2. The number of phenols is 1. The first-order valence-corrected chi connectivity index (χ1v) is 9.78. The Morgan fingerprint density at radius 3 is 2.77 bits per heavy atom. The summed E-state index contributed by atoms with van der Waals surface area (Å²) in [5.41, 5.74) is 0.668. The van der Waals surface area contributed by atoms with Gasteiger partial charge in [-0.1, -0.05) is 24.3 Å². The summed E-state index contributed by atoms with van der Waals surface area (Å²) in [5.74, 6) is 0.173. The van der Waals surface area contributed by atoms with Gasteiger partial charge in [-0.15, -0.1) is 22.7 Å². The van der Waals surface area contributed by atoms with Crippen LogP contribution < -0.4 is 10.6 Å². The van der Waals surface area contributed by atoms with Gasteiger partial charge in [0.2, 0.25) is 0 Å². The van der Waals surface area contributed by atoms with Crippen LogP contribution in [0.2, 0.25) is 0 Å². The monoisotopic (exact) mass is 380 g/mol. The highest BCUT2D eigenvalue weighted by Crippen LogP contribution is 2.31. The number of carbonyl (C=O) groups excluding carboxylic acids is 1. The van der Waals surface area contributed by atoms with Gasteiger partial charge in [-0.3, -0.25) is 0 Å². The molecule has 2 aromatic heterocycles. The van der Waals surface area contributed by atoms with Gasteiger partial charge in [-0.25, -0.2) is 4.79 Å². The number of anilines is 1. The van der Waals surface area contributed by atoms with Crippen molar-refractivity contribution in [3.63, 3.8) is 0 Å². The Morgan fingerprint density at radius 2 is 1.92 bits per heavy atom. The topological polar surface area (TPSA) is 61.4 Å². The Labute approximate surface area is 158 Å². The Bertz CT molecular complexity index is 1050. The zero-order valence-corrected chi connectivity index (χ0v) is 15.4. The van der Waals surface area contributed by atoms with Crippen molar-refractivity contribution in [2.45, 2.75) is 6.54 Å². The summed E-state index contributed by atoms with van der Waals surface area (Å²) in [6.45, 7) is 0.470. The number of benzene rings is 2. The van der Waals surface area contributed by atoms with E-state index in [9.17, 15) is 9.90 Å². The lowest BCUT2D eigenvalue weighted by molar-refractivity contribution is 0.252. The van der Waals surface area contributed by atoms with Crippen LogP contribution in [0.25, 0.3) is 20.5 Å². The summed E-state index contributed by atoms with van der Waals surface area (Å²) in [6, 6.07) is 18.7. The molecule has 0 aliphatic heterocycles. The fraction of sp³-hybridized carbons (Fsp3) is 0.0500. The van der Waals surface area contributed by atoms with Gasteiger partial charge in [0.1, 0.15) is 5.75 Å². The lowest BCUT2D eigenvalue weighted by Crippen LogP contribution is -2.27. The minimum Gasteiger partial charge on any atom is -0.508 e. The number of carbonyl (C=O) groups is 1. The van der Waals surface area contributed by atoms with Crippen LogP contribution in [0.5, 0.6) is 5.75 Å². The first-order chi connectivity index (χ1) is 12.7. The maximum Gasteiger partial charge on any atom is 0.319 e. The lowest BCUT2D eigenvalue weighted by atomic mass is 10.1. The fourth-order valence-electron chi connectivity index (χ4n) is 2.73. The third-order valence-corrected chi connectivity index (χ3v) is 6.11. The van der Waals surface area contributed by atoms with Crippen LogP contribution in [-0.2, 0) is 6.54 Å². The molecule has 26 heavy (non-hydrogen) atoms. The van der Waals surface area contributed by atoms with E-state index in [-0.39, 0.29) is 11.8 Å². The molecule has 0 aliphatic carbocycles. The predicted molar refractivity (Wildman–Crippen MR) is 109 cm³/mol. The molecule has 4 nitrogen and oxygen atoms in total. The van der Waals surface area contributed by atoms with Crippen molar-refractivity contribution in [1.29, 1.82) is 0 Å². The van der Waals surface area contributed by atoms with E-state index < -0.39 is 0 Å². The maximum atomic E-state index is 12.3. The van der Waals surface area contributed by atoms with Gasteiger partial charge >= 0.3 is 6.03 Å². The highest BCUT2D eigenvalue weighted by atomic mass is 32.1. The zero-order chi connectivity index (χ0) is 17.9. The van der Waals surface area contributed by atoms with Gasteiger partial charge in [-0.05, 0) is 47.2 Å². The number of phenolic OH excluding ortho intramolecular Hbond substituents is 1. The number of rotatable bonds is 4. The minimum absolute atomic E-state index is 0.173. The number of thiophene rings is 2. The molecule has 0 saturated heterocycles. The molecule has 0 bridgehead atoms. The maximum absolute atomic E-state index is 12.3. The van der Waals surface area contributed by atoms with Gasteiger partial charge in [0.25, 0.3) is 0 Å². The smallest absolute Gasteiger partial charge is 0.319 e. The molecule has 4 aromatic rings. The normalized spacial score (nSPS) is 10.8. The molecule has 0 atom stereocenters. The van der Waals surface area contributed by atoms with Crippen molar-refractivity contribution >= 4 is 45.2 Å². The molecule has 6 heteroatoms. The first kappa shape index (κ1) is 16.6. The Morgan fingerprint density at radius 1 is 1.00 bits per heavy atom. The van der Waals surface area contributed by atoms with Gasteiger partial charge in [-0.2, -0.15) is 0 Å². The third kappa shape index (κ3) is 3.56. The molecule has 2 amide bonds. The number of fused-ring (bicyclic) bond motifs is 1.